The van der Waals surface area contributed by atoms with Crippen molar-refractivity contribution in [2.75, 3.05) is 41.0 Å². The minimum atomic E-state index is -3.72. The Labute approximate surface area is 208 Å². The largest absolute Gasteiger partial charge is 0.495 e. The average Bonchev–Trinajstić information content (AvgIpc) is 2.88. The van der Waals surface area contributed by atoms with E-state index in [4.69, 9.17) is 14.2 Å². The van der Waals surface area contributed by atoms with Gasteiger partial charge in [0.2, 0.25) is 15.9 Å². The number of rotatable bonds is 10. The number of ether oxygens (including phenoxy) is 3. The third-order valence-corrected chi connectivity index (χ3v) is 8.38. The van der Waals surface area contributed by atoms with E-state index in [0.717, 1.165) is 11.1 Å². The number of carbonyl (C=O) groups is 1. The third-order valence-electron chi connectivity index (χ3n) is 6.46. The Balaban J connectivity index is 1.57. The lowest BCUT2D eigenvalue weighted by atomic mass is 9.97. The zero-order valence-electron chi connectivity index (χ0n) is 21.2. The first-order chi connectivity index (χ1) is 16.7. The Morgan fingerprint density at radius 3 is 2.20 bits per heavy atom. The molecule has 0 aromatic heterocycles. The monoisotopic (exact) mass is 504 g/mol. The second kappa shape index (κ2) is 11.8. The molecule has 35 heavy (non-hydrogen) atoms. The summed E-state index contributed by atoms with van der Waals surface area (Å²) in [6.45, 7) is 5.13. The van der Waals surface area contributed by atoms with Gasteiger partial charge in [0.05, 0.1) is 21.3 Å². The number of hydrogen-bond donors (Lipinski definition) is 1. The molecule has 1 heterocycles. The topological polar surface area (TPSA) is 94.2 Å². The van der Waals surface area contributed by atoms with Gasteiger partial charge in [-0.15, -0.1) is 0 Å². The van der Waals surface area contributed by atoms with Gasteiger partial charge in [0, 0.05) is 25.6 Å². The highest BCUT2D eigenvalue weighted by Gasteiger charge is 2.34. The van der Waals surface area contributed by atoms with E-state index in [9.17, 15) is 13.2 Å². The van der Waals surface area contributed by atoms with Crippen LogP contribution in [0.25, 0.3) is 0 Å². The van der Waals surface area contributed by atoms with Crippen molar-refractivity contribution in [1.82, 2.24) is 9.62 Å². The molecule has 0 radical (unpaired) electrons. The summed E-state index contributed by atoms with van der Waals surface area (Å²) in [7, 11) is 0.935. The highest BCUT2D eigenvalue weighted by Crippen LogP contribution is 2.32. The van der Waals surface area contributed by atoms with E-state index in [0.29, 0.717) is 56.1 Å². The van der Waals surface area contributed by atoms with Gasteiger partial charge in [-0.25, -0.2) is 8.42 Å². The smallest absolute Gasteiger partial charge is 0.246 e. The zero-order chi connectivity index (χ0) is 25.6. The fraction of sp³-hybridized carbons (Fsp3) is 0.500. The van der Waals surface area contributed by atoms with E-state index in [2.05, 4.69) is 5.32 Å². The van der Waals surface area contributed by atoms with Gasteiger partial charge in [-0.05, 0) is 60.6 Å². The molecule has 0 unspecified atom stereocenters. The van der Waals surface area contributed by atoms with Crippen molar-refractivity contribution < 1.29 is 27.4 Å². The lowest BCUT2D eigenvalue weighted by molar-refractivity contribution is -0.126. The van der Waals surface area contributed by atoms with Crippen LogP contribution in [0.15, 0.2) is 41.3 Å². The fourth-order valence-corrected chi connectivity index (χ4v) is 5.92. The van der Waals surface area contributed by atoms with Crippen LogP contribution in [0, 0.1) is 5.92 Å². The summed E-state index contributed by atoms with van der Waals surface area (Å²) >= 11 is 0. The number of hydrogen-bond acceptors (Lipinski definition) is 6. The second-order valence-electron chi connectivity index (χ2n) is 8.97. The van der Waals surface area contributed by atoms with Crippen molar-refractivity contribution in [3.63, 3.8) is 0 Å². The maximum absolute atomic E-state index is 13.4. The number of sulfonamides is 1. The van der Waals surface area contributed by atoms with Gasteiger partial charge in [0.15, 0.2) is 11.5 Å². The van der Waals surface area contributed by atoms with Crippen LogP contribution in [0.2, 0.25) is 0 Å². The molecule has 0 aliphatic carbocycles. The van der Waals surface area contributed by atoms with E-state index in [1.807, 2.05) is 38.1 Å². The van der Waals surface area contributed by atoms with Gasteiger partial charge < -0.3 is 19.5 Å². The van der Waals surface area contributed by atoms with Crippen LogP contribution in [0.5, 0.6) is 17.2 Å². The third kappa shape index (κ3) is 6.27. The summed E-state index contributed by atoms with van der Waals surface area (Å²) < 4.78 is 44.1. The van der Waals surface area contributed by atoms with E-state index >= 15 is 0 Å². The molecule has 0 bridgehead atoms. The summed E-state index contributed by atoms with van der Waals surface area (Å²) in [5.41, 5.74) is 1.97. The molecule has 1 saturated heterocycles. The molecule has 2 aromatic carbocycles. The molecule has 0 spiro atoms. The molecule has 1 N–H and O–H groups in total. The number of methoxy groups -OCH3 is 3. The Morgan fingerprint density at radius 1 is 0.971 bits per heavy atom. The first-order valence-electron chi connectivity index (χ1n) is 11.9. The lowest BCUT2D eigenvalue weighted by Gasteiger charge is -2.31. The van der Waals surface area contributed by atoms with Crippen LogP contribution in [0.4, 0.5) is 0 Å². The molecule has 0 atom stereocenters. The van der Waals surface area contributed by atoms with Crippen LogP contribution in [0.3, 0.4) is 0 Å². The lowest BCUT2D eigenvalue weighted by Crippen LogP contribution is -2.43. The van der Waals surface area contributed by atoms with Crippen molar-refractivity contribution in [3.8, 4) is 17.2 Å². The number of carbonyl (C=O) groups excluding carboxylic acids is 1. The Kier molecular flexibility index (Phi) is 9.02. The summed E-state index contributed by atoms with van der Waals surface area (Å²) in [5, 5.41) is 2.99. The van der Waals surface area contributed by atoms with Gasteiger partial charge in [-0.2, -0.15) is 4.31 Å². The van der Waals surface area contributed by atoms with E-state index in [1.54, 1.807) is 26.4 Å². The quantitative estimate of drug-likeness (QED) is 0.531. The Morgan fingerprint density at radius 2 is 1.60 bits per heavy atom. The highest BCUT2D eigenvalue weighted by molar-refractivity contribution is 7.89. The molecule has 3 rings (SSSR count). The molecule has 1 amide bonds. The van der Waals surface area contributed by atoms with E-state index in [1.165, 1.54) is 11.4 Å². The number of benzene rings is 2. The average molecular weight is 505 g/mol. The predicted molar refractivity (Wildman–Crippen MR) is 135 cm³/mol. The van der Waals surface area contributed by atoms with E-state index < -0.39 is 10.0 Å². The Hall–Kier alpha value is -2.78. The van der Waals surface area contributed by atoms with Crippen LogP contribution >= 0.6 is 0 Å². The minimum Gasteiger partial charge on any atom is -0.495 e. The van der Waals surface area contributed by atoms with Crippen LogP contribution in [-0.2, 0) is 21.2 Å². The maximum atomic E-state index is 13.4. The molecule has 1 aliphatic rings. The molecule has 192 valence electrons. The van der Waals surface area contributed by atoms with Crippen LogP contribution < -0.4 is 19.5 Å². The molecule has 2 aromatic rings. The fourth-order valence-electron chi connectivity index (χ4n) is 4.26. The van der Waals surface area contributed by atoms with E-state index in [-0.39, 0.29) is 22.6 Å². The summed E-state index contributed by atoms with van der Waals surface area (Å²) in [6.07, 6.45) is 1.62. The standard InChI is InChI=1S/C26H36N2O6S/c1-18(2)21-7-9-23(33-4)25(17-21)35(30,31)28-14-11-20(12-15-28)26(29)27-13-10-19-6-8-22(32-3)24(16-19)34-5/h6-9,16-18,20H,10-15H2,1-5H3,(H,27,29). The van der Waals surface area contributed by atoms with Gasteiger partial charge >= 0.3 is 0 Å². The normalized spacial score (nSPS) is 15.1. The first kappa shape index (κ1) is 26.8. The number of piperidine rings is 1. The molecular weight excluding hydrogens is 468 g/mol. The van der Waals surface area contributed by atoms with Crippen LogP contribution in [0.1, 0.15) is 43.7 Å². The summed E-state index contributed by atoms with van der Waals surface area (Å²) in [4.78, 5) is 12.9. The number of amides is 1. The molecule has 1 fully saturated rings. The second-order valence-corrected chi connectivity index (χ2v) is 10.9. The van der Waals surface area contributed by atoms with Gasteiger partial charge in [-0.1, -0.05) is 26.0 Å². The van der Waals surface area contributed by atoms with Crippen molar-refractivity contribution in [1.29, 1.82) is 0 Å². The van der Waals surface area contributed by atoms with Crippen molar-refractivity contribution >= 4 is 15.9 Å². The van der Waals surface area contributed by atoms with Gasteiger partial charge in [0.25, 0.3) is 0 Å². The van der Waals surface area contributed by atoms with Gasteiger partial charge in [-0.3, -0.25) is 4.79 Å². The SMILES string of the molecule is COc1ccc(CCNC(=O)C2CCN(S(=O)(=O)c3cc(C(C)C)ccc3OC)CC2)cc1OC. The van der Waals surface area contributed by atoms with Crippen molar-refractivity contribution in [3.05, 3.63) is 47.5 Å². The minimum absolute atomic E-state index is 0.0399. The molecule has 0 saturated carbocycles. The molecule has 8 nitrogen and oxygen atoms in total. The van der Waals surface area contributed by atoms with Crippen molar-refractivity contribution in [2.45, 2.75) is 43.9 Å². The highest BCUT2D eigenvalue weighted by atomic mass is 32.2. The first-order valence-corrected chi connectivity index (χ1v) is 13.3. The zero-order valence-corrected chi connectivity index (χ0v) is 22.0. The number of nitrogens with one attached hydrogen (secondary N) is 1. The van der Waals surface area contributed by atoms with Crippen molar-refractivity contribution in [2.24, 2.45) is 5.92 Å². The molecule has 9 heteroatoms. The summed E-state index contributed by atoms with van der Waals surface area (Å²) in [5.74, 6) is 1.60. The van der Waals surface area contributed by atoms with Gasteiger partial charge in [0.1, 0.15) is 10.6 Å². The summed E-state index contributed by atoms with van der Waals surface area (Å²) in [6, 6.07) is 11.0. The Bertz CT molecular complexity index is 1120. The van der Waals surface area contributed by atoms with Crippen LogP contribution in [-0.4, -0.2) is 59.6 Å². The molecule has 1 aliphatic heterocycles. The maximum Gasteiger partial charge on any atom is 0.246 e. The predicted octanol–water partition coefficient (Wildman–Crippen LogP) is 3.60. The number of nitrogens with zero attached hydrogens (tertiary/aromatic N) is 1. The molecular formula is C26H36N2O6S.